The molecule has 0 aliphatic rings. The van der Waals surface area contributed by atoms with Crippen LogP contribution in [0.2, 0.25) is 0 Å². The first-order valence-corrected chi connectivity index (χ1v) is 9.34. The van der Waals surface area contributed by atoms with Gasteiger partial charge in [-0.25, -0.2) is 0 Å². The van der Waals surface area contributed by atoms with Crippen molar-refractivity contribution in [2.45, 2.75) is 57.4 Å². The van der Waals surface area contributed by atoms with Crippen LogP contribution < -0.4 is 0 Å². The zero-order chi connectivity index (χ0) is 16.9. The van der Waals surface area contributed by atoms with E-state index < -0.39 is 23.8 Å². The zero-order valence-electron chi connectivity index (χ0n) is 11.2. The van der Waals surface area contributed by atoms with Gasteiger partial charge in [0.2, 0.25) is 0 Å². The summed E-state index contributed by atoms with van der Waals surface area (Å²) in [5, 5.41) is -0.946. The molecular weight excluding hydrogens is 444 g/mol. The van der Waals surface area contributed by atoms with Crippen LogP contribution in [0.5, 0.6) is 0 Å². The molecule has 0 fully saturated rings. The van der Waals surface area contributed by atoms with E-state index in [9.17, 15) is 4.79 Å². The highest BCUT2D eigenvalue weighted by molar-refractivity contribution is 6.68. The normalized spacial score (nSPS) is 18.9. The first-order chi connectivity index (χ1) is 9.32. The molecule has 0 rings (SSSR count). The molecule has 0 saturated carbocycles. The number of hydrogen-bond acceptors (Lipinski definition) is 1. The summed E-state index contributed by atoms with van der Waals surface area (Å²) >= 11 is 46.7. The Kier molecular flexibility index (Phi) is 10.4. The number of aldehydes is 1. The third-order valence-electron chi connectivity index (χ3n) is 3.12. The molecule has 0 saturated heterocycles. The molecule has 0 aromatic heterocycles. The minimum atomic E-state index is -1.47. The van der Waals surface area contributed by atoms with Gasteiger partial charge in [-0.1, -0.05) is 76.5 Å². The maximum Gasteiger partial charge on any atom is 0.192 e. The van der Waals surface area contributed by atoms with Gasteiger partial charge in [0, 0.05) is 29.0 Å². The highest BCUT2D eigenvalue weighted by Gasteiger charge is 2.37. The summed E-state index contributed by atoms with van der Waals surface area (Å²) in [6, 6.07) is 0. The monoisotopic (exact) mass is 456 g/mol. The Bertz CT molecular complexity index is 298. The van der Waals surface area contributed by atoms with Crippen molar-refractivity contribution in [3.05, 3.63) is 0 Å². The molecule has 0 aliphatic carbocycles. The molecule has 126 valence electrons. The maximum atomic E-state index is 11.5. The van der Waals surface area contributed by atoms with Crippen molar-refractivity contribution < 1.29 is 4.79 Å². The lowest BCUT2D eigenvalue weighted by Crippen LogP contribution is -2.31. The molecule has 0 aromatic rings. The molecule has 0 spiro atoms. The van der Waals surface area contributed by atoms with Crippen LogP contribution >= 0.6 is 92.8 Å². The molecule has 0 aliphatic heterocycles. The second-order valence-corrected chi connectivity index (χ2v) is 11.3. The Hall–Kier alpha value is 1.99. The maximum absolute atomic E-state index is 11.5. The van der Waals surface area contributed by atoms with Gasteiger partial charge in [0.05, 0.1) is 0 Å². The van der Waals surface area contributed by atoms with Gasteiger partial charge in [-0.15, -0.1) is 23.2 Å². The van der Waals surface area contributed by atoms with E-state index in [1.54, 1.807) is 0 Å². The van der Waals surface area contributed by atoms with E-state index in [0.29, 0.717) is 19.3 Å². The molecule has 0 amide bonds. The number of alkyl halides is 8. The SMILES string of the molecule is CCC(C=O)(CC(Cl)CC(Cl)(Cl)Cl)CC(Cl)CC(Cl)(Cl)Cl. The van der Waals surface area contributed by atoms with Crippen LogP contribution in [-0.2, 0) is 4.79 Å². The van der Waals surface area contributed by atoms with Crippen LogP contribution in [0.25, 0.3) is 0 Å². The van der Waals surface area contributed by atoms with E-state index in [2.05, 4.69) is 0 Å². The Morgan fingerprint density at radius 2 is 1.14 bits per heavy atom. The summed E-state index contributed by atoms with van der Waals surface area (Å²) in [6.45, 7) is 1.87. The first-order valence-electron chi connectivity index (χ1n) is 6.20. The third kappa shape index (κ3) is 11.2. The van der Waals surface area contributed by atoms with Crippen LogP contribution in [0.4, 0.5) is 0 Å². The average molecular weight is 460 g/mol. The molecule has 0 heterocycles. The molecule has 0 N–H and O–H groups in total. The van der Waals surface area contributed by atoms with Gasteiger partial charge in [-0.05, 0) is 19.3 Å². The fourth-order valence-electron chi connectivity index (χ4n) is 2.08. The van der Waals surface area contributed by atoms with Gasteiger partial charge < -0.3 is 4.79 Å². The molecule has 9 heteroatoms. The third-order valence-corrected chi connectivity index (χ3v) is 4.66. The molecule has 0 bridgehead atoms. The highest BCUT2D eigenvalue weighted by Crippen LogP contribution is 2.42. The molecule has 2 unspecified atom stereocenters. The second kappa shape index (κ2) is 9.47. The Morgan fingerprint density at radius 1 is 0.810 bits per heavy atom. The van der Waals surface area contributed by atoms with Crippen molar-refractivity contribution in [1.29, 1.82) is 0 Å². The summed E-state index contributed by atoms with van der Waals surface area (Å²) in [7, 11) is 0. The number of carbonyl (C=O) groups is 1. The van der Waals surface area contributed by atoms with Crippen molar-refractivity contribution >= 4 is 99.1 Å². The number of halogens is 8. The Morgan fingerprint density at radius 3 is 1.33 bits per heavy atom. The zero-order valence-corrected chi connectivity index (χ0v) is 17.2. The summed E-state index contributed by atoms with van der Waals surface area (Å²) in [6.07, 6.45) is 2.33. The quantitative estimate of drug-likeness (QED) is 0.279. The van der Waals surface area contributed by atoms with Crippen molar-refractivity contribution in [3.8, 4) is 0 Å². The Balaban J connectivity index is 4.80. The van der Waals surface area contributed by atoms with Crippen LogP contribution in [-0.4, -0.2) is 24.6 Å². The summed E-state index contributed by atoms with van der Waals surface area (Å²) < 4.78 is -2.93. The van der Waals surface area contributed by atoms with Crippen molar-refractivity contribution in [1.82, 2.24) is 0 Å². The predicted octanol–water partition coefficient (Wildman–Crippen LogP) is 7.10. The Labute approximate surface area is 165 Å². The van der Waals surface area contributed by atoms with Crippen molar-refractivity contribution in [3.63, 3.8) is 0 Å². The molecule has 0 radical (unpaired) electrons. The largest absolute Gasteiger partial charge is 0.303 e. The van der Waals surface area contributed by atoms with Gasteiger partial charge in [0.15, 0.2) is 7.59 Å². The minimum Gasteiger partial charge on any atom is -0.303 e. The molecular formula is C12H16Cl8O. The lowest BCUT2D eigenvalue weighted by Gasteiger charge is -2.32. The van der Waals surface area contributed by atoms with Gasteiger partial charge in [-0.2, -0.15) is 0 Å². The highest BCUT2D eigenvalue weighted by atomic mass is 35.6. The lowest BCUT2D eigenvalue weighted by atomic mass is 9.77. The van der Waals surface area contributed by atoms with Crippen LogP contribution in [0, 0.1) is 5.41 Å². The number of hydrogen-bond donors (Lipinski definition) is 0. The van der Waals surface area contributed by atoms with E-state index in [-0.39, 0.29) is 12.8 Å². The minimum absolute atomic E-state index is 0.131. The van der Waals surface area contributed by atoms with Crippen molar-refractivity contribution in [2.24, 2.45) is 5.41 Å². The number of rotatable bonds is 8. The first kappa shape index (κ1) is 23.0. The van der Waals surface area contributed by atoms with E-state index in [1.807, 2.05) is 6.92 Å². The predicted molar refractivity (Wildman–Crippen MR) is 97.1 cm³/mol. The van der Waals surface area contributed by atoms with Gasteiger partial charge in [-0.3, -0.25) is 0 Å². The van der Waals surface area contributed by atoms with Gasteiger partial charge in [0.25, 0.3) is 0 Å². The molecule has 21 heavy (non-hydrogen) atoms. The van der Waals surface area contributed by atoms with Gasteiger partial charge in [0.1, 0.15) is 6.29 Å². The summed E-state index contributed by atoms with van der Waals surface area (Å²) in [5.41, 5.74) is -0.731. The fourth-order valence-corrected chi connectivity index (χ4v) is 4.75. The fraction of sp³-hybridized carbons (Fsp3) is 0.917. The second-order valence-electron chi connectivity index (χ2n) is 5.08. The van der Waals surface area contributed by atoms with Crippen LogP contribution in [0.15, 0.2) is 0 Å². The van der Waals surface area contributed by atoms with Gasteiger partial charge >= 0.3 is 0 Å². The number of carbonyl (C=O) groups excluding carboxylic acids is 1. The van der Waals surface area contributed by atoms with Crippen LogP contribution in [0.3, 0.4) is 0 Å². The summed E-state index contributed by atoms with van der Waals surface area (Å²) in [5.74, 6) is 0. The van der Waals surface area contributed by atoms with E-state index in [1.165, 1.54) is 0 Å². The molecule has 2 atom stereocenters. The average Bonchev–Trinajstić information content (AvgIpc) is 2.22. The van der Waals surface area contributed by atoms with E-state index in [0.717, 1.165) is 6.29 Å². The lowest BCUT2D eigenvalue weighted by molar-refractivity contribution is -0.117. The smallest absolute Gasteiger partial charge is 0.192 e. The van der Waals surface area contributed by atoms with Crippen molar-refractivity contribution in [2.75, 3.05) is 0 Å². The van der Waals surface area contributed by atoms with E-state index >= 15 is 0 Å². The van der Waals surface area contributed by atoms with E-state index in [4.69, 9.17) is 92.8 Å². The molecule has 0 aromatic carbocycles. The van der Waals surface area contributed by atoms with Crippen LogP contribution in [0.1, 0.15) is 39.0 Å². The summed E-state index contributed by atoms with van der Waals surface area (Å²) in [4.78, 5) is 11.5. The standard InChI is InChI=1S/C12H16Cl8O/c1-2-10(7-21,3-8(13)5-11(15,16)17)4-9(14)6-12(18,19)20/h7-9H,2-6H2,1H3. The molecule has 1 nitrogen and oxygen atoms in total. The topological polar surface area (TPSA) is 17.1 Å².